The van der Waals surface area contributed by atoms with Gasteiger partial charge in [-0.1, -0.05) is 18.2 Å². The Bertz CT molecular complexity index is 1670. The monoisotopic (exact) mass is 660 g/mol. The van der Waals surface area contributed by atoms with E-state index in [2.05, 4.69) is 24.4 Å². The molecule has 0 saturated heterocycles. The summed E-state index contributed by atoms with van der Waals surface area (Å²) >= 11 is 1.63. The number of carbonyl (C=O) groups excluding carboxylic acids is 2. The number of aryl methyl sites for hydroxylation is 1. The summed E-state index contributed by atoms with van der Waals surface area (Å²) in [6.07, 6.45) is 1.67. The maximum absolute atomic E-state index is 13.6. The van der Waals surface area contributed by atoms with Crippen molar-refractivity contribution < 1.29 is 38.4 Å². The number of methoxy groups -OCH3 is 1. The van der Waals surface area contributed by atoms with E-state index in [1.54, 1.807) is 23.5 Å². The van der Waals surface area contributed by atoms with Crippen molar-refractivity contribution >= 4 is 39.1 Å². The number of benzene rings is 3. The number of hydrogen-bond acceptors (Lipinski definition) is 10. The van der Waals surface area contributed by atoms with Crippen LogP contribution in [-0.2, 0) is 28.5 Å². The third kappa shape index (κ3) is 8.82. The van der Waals surface area contributed by atoms with Crippen molar-refractivity contribution in [3.05, 3.63) is 95.3 Å². The van der Waals surface area contributed by atoms with Gasteiger partial charge in [-0.3, -0.25) is 4.79 Å². The summed E-state index contributed by atoms with van der Waals surface area (Å²) in [5, 5.41) is 12.8. The zero-order chi connectivity index (χ0) is 33.2. The number of aromatic nitrogens is 1. The van der Waals surface area contributed by atoms with E-state index in [0.717, 1.165) is 26.4 Å². The minimum atomic E-state index is -0.713. The molecule has 2 N–H and O–H groups in total. The molecule has 1 aromatic heterocycles. The highest BCUT2D eigenvalue weighted by Gasteiger charge is 2.38. The largest absolute Gasteiger partial charge is 0.465 e. The van der Waals surface area contributed by atoms with Crippen molar-refractivity contribution in [2.45, 2.75) is 32.5 Å². The van der Waals surface area contributed by atoms with Crippen LogP contribution in [0.3, 0.4) is 0 Å². The fourth-order valence-corrected chi connectivity index (χ4v) is 6.50. The lowest BCUT2D eigenvalue weighted by Gasteiger charge is -2.37. The Hall–Kier alpha value is -4.13. The van der Waals surface area contributed by atoms with Gasteiger partial charge < -0.3 is 34.1 Å². The third-order valence-electron chi connectivity index (χ3n) is 7.79. The minimum Gasteiger partial charge on any atom is -0.465 e. The highest BCUT2D eigenvalue weighted by Crippen LogP contribution is 2.39. The number of anilines is 1. The summed E-state index contributed by atoms with van der Waals surface area (Å²) in [7, 11) is 1.34. The number of fused-ring (bicyclic) bond motifs is 1. The predicted molar refractivity (Wildman–Crippen MR) is 180 cm³/mol. The topological polar surface area (TPSA) is 125 Å². The number of allylic oxidation sites excluding steroid dienone is 1. The molecule has 10 nitrogen and oxygen atoms in total. The summed E-state index contributed by atoms with van der Waals surface area (Å²) < 4.78 is 29.3. The van der Waals surface area contributed by atoms with E-state index in [-0.39, 0.29) is 30.8 Å². The number of thiazole rings is 1. The maximum atomic E-state index is 13.6. The first-order valence-corrected chi connectivity index (χ1v) is 16.5. The lowest BCUT2D eigenvalue weighted by molar-refractivity contribution is -0.166. The SMILES string of the molecule is CCO[C@@H]1OC(C(=O)Nc2ccc(-c3nc4ccc(C)cc4s3)cc2)=C[C@H](c2ccc(C(=O)OC)cc2)[C@@H]1CCOCCOCCO. The molecule has 2 heterocycles. The van der Waals surface area contributed by atoms with Gasteiger partial charge in [0.2, 0.25) is 6.29 Å². The highest BCUT2D eigenvalue weighted by molar-refractivity contribution is 7.21. The summed E-state index contributed by atoms with van der Waals surface area (Å²) in [5.41, 5.74) is 5.06. The van der Waals surface area contributed by atoms with Crippen molar-refractivity contribution in [2.24, 2.45) is 5.92 Å². The van der Waals surface area contributed by atoms with Crippen LogP contribution in [0, 0.1) is 12.8 Å². The van der Waals surface area contributed by atoms with E-state index in [0.29, 0.717) is 44.1 Å². The van der Waals surface area contributed by atoms with Crippen LogP contribution in [0.5, 0.6) is 0 Å². The number of amides is 1. The highest BCUT2D eigenvalue weighted by atomic mass is 32.1. The van der Waals surface area contributed by atoms with Gasteiger partial charge >= 0.3 is 5.97 Å². The molecule has 0 bridgehead atoms. The van der Waals surface area contributed by atoms with Crippen LogP contribution in [0.4, 0.5) is 5.69 Å². The number of aliphatic hydroxyl groups excluding tert-OH is 1. The van der Waals surface area contributed by atoms with Gasteiger partial charge in [-0.2, -0.15) is 0 Å². The van der Waals surface area contributed by atoms with Crippen LogP contribution >= 0.6 is 11.3 Å². The number of rotatable bonds is 15. The van der Waals surface area contributed by atoms with E-state index in [1.165, 1.54) is 12.7 Å². The number of aliphatic hydroxyl groups is 1. The first-order chi connectivity index (χ1) is 22.9. The van der Waals surface area contributed by atoms with Crippen LogP contribution in [0.2, 0.25) is 0 Å². The van der Waals surface area contributed by atoms with Crippen molar-refractivity contribution in [1.82, 2.24) is 4.98 Å². The van der Waals surface area contributed by atoms with E-state index in [4.69, 9.17) is 33.8 Å². The van der Waals surface area contributed by atoms with Crippen LogP contribution in [0.25, 0.3) is 20.8 Å². The summed E-state index contributed by atoms with van der Waals surface area (Å²) in [6, 6.07) is 20.9. The number of carbonyl (C=O) groups is 2. The molecule has 0 saturated carbocycles. The molecule has 47 heavy (non-hydrogen) atoms. The second-order valence-corrected chi connectivity index (χ2v) is 12.1. The Morgan fingerprint density at radius 1 is 0.979 bits per heavy atom. The number of ether oxygens (including phenoxy) is 5. The van der Waals surface area contributed by atoms with Crippen molar-refractivity contribution in [1.29, 1.82) is 0 Å². The molecule has 0 radical (unpaired) electrons. The number of esters is 1. The molecule has 248 valence electrons. The van der Waals surface area contributed by atoms with E-state index < -0.39 is 18.2 Å². The van der Waals surface area contributed by atoms with Crippen molar-refractivity contribution in [2.75, 3.05) is 52.1 Å². The van der Waals surface area contributed by atoms with Gasteiger partial charge in [-0.15, -0.1) is 11.3 Å². The predicted octanol–water partition coefficient (Wildman–Crippen LogP) is 6.09. The molecule has 0 spiro atoms. The van der Waals surface area contributed by atoms with Gasteiger partial charge in [0.25, 0.3) is 5.91 Å². The molecule has 1 amide bonds. The van der Waals surface area contributed by atoms with Gasteiger partial charge in [-0.25, -0.2) is 9.78 Å². The zero-order valence-corrected chi connectivity index (χ0v) is 27.6. The average molecular weight is 661 g/mol. The molecule has 0 aliphatic carbocycles. The summed E-state index contributed by atoms with van der Waals surface area (Å²) in [4.78, 5) is 30.4. The molecule has 1 aliphatic heterocycles. The maximum Gasteiger partial charge on any atom is 0.337 e. The Morgan fingerprint density at radius 2 is 1.72 bits per heavy atom. The normalized spacial score (nSPS) is 17.6. The van der Waals surface area contributed by atoms with E-state index >= 15 is 0 Å². The number of nitrogens with one attached hydrogen (secondary N) is 1. The van der Waals surface area contributed by atoms with Crippen LogP contribution in [0.1, 0.15) is 40.7 Å². The minimum absolute atomic E-state index is 0.0383. The smallest absolute Gasteiger partial charge is 0.337 e. The average Bonchev–Trinajstić information content (AvgIpc) is 3.51. The quantitative estimate of drug-likeness (QED) is 0.115. The Kier molecular flexibility index (Phi) is 12.1. The fraction of sp³-hybridized carbons (Fsp3) is 0.361. The lowest BCUT2D eigenvalue weighted by Crippen LogP contribution is -2.38. The molecular weight excluding hydrogens is 620 g/mol. The molecule has 0 unspecified atom stereocenters. The molecular formula is C36H40N2O8S. The standard InChI is InChI=1S/C36H40N2O8S/c1-4-45-36-28(15-17-43-19-20-44-18-16-39)29(24-6-8-26(9-7-24)35(41)42-3)22-31(46-36)33(40)37-27-12-10-25(11-13-27)34-38-30-14-5-23(2)21-32(30)47-34/h5-14,21-22,28-29,36,39H,4,15-20H2,1-3H3,(H,37,40)/t28-,29+,36+/m0/s1. The van der Waals surface area contributed by atoms with Gasteiger partial charge in [0.1, 0.15) is 5.01 Å². The van der Waals surface area contributed by atoms with E-state index in [9.17, 15) is 9.59 Å². The fourth-order valence-electron chi connectivity index (χ4n) is 5.43. The Balaban J connectivity index is 1.34. The van der Waals surface area contributed by atoms with Crippen LogP contribution in [0.15, 0.2) is 78.6 Å². The number of nitrogens with zero attached hydrogens (tertiary/aromatic N) is 1. The first kappa shape index (κ1) is 34.2. The van der Waals surface area contributed by atoms with Crippen LogP contribution in [-0.4, -0.2) is 75.0 Å². The number of hydrogen-bond donors (Lipinski definition) is 2. The van der Waals surface area contributed by atoms with Crippen LogP contribution < -0.4 is 5.32 Å². The Labute approximate surface area is 278 Å². The third-order valence-corrected chi connectivity index (χ3v) is 8.86. The van der Waals surface area contributed by atoms with Gasteiger partial charge in [0.15, 0.2) is 5.76 Å². The zero-order valence-electron chi connectivity index (χ0n) is 26.8. The first-order valence-electron chi connectivity index (χ1n) is 15.6. The Morgan fingerprint density at radius 3 is 2.43 bits per heavy atom. The second-order valence-electron chi connectivity index (χ2n) is 11.0. The summed E-state index contributed by atoms with van der Waals surface area (Å²) in [5.74, 6) is -1.14. The second kappa shape index (κ2) is 16.6. The summed E-state index contributed by atoms with van der Waals surface area (Å²) in [6.45, 7) is 5.71. The van der Waals surface area contributed by atoms with Gasteiger partial charge in [-0.05, 0) is 86.0 Å². The van der Waals surface area contributed by atoms with Gasteiger partial charge in [0.05, 0.1) is 49.3 Å². The van der Waals surface area contributed by atoms with Gasteiger partial charge in [0, 0.05) is 36.3 Å². The van der Waals surface area contributed by atoms with E-state index in [1.807, 2.05) is 55.5 Å². The van der Waals surface area contributed by atoms with Crippen molar-refractivity contribution in [3.63, 3.8) is 0 Å². The lowest BCUT2D eigenvalue weighted by atomic mass is 9.81. The molecule has 1 aliphatic rings. The molecule has 5 rings (SSSR count). The van der Waals surface area contributed by atoms with Crippen molar-refractivity contribution in [3.8, 4) is 10.6 Å². The molecule has 3 aromatic carbocycles. The molecule has 3 atom stereocenters. The molecule has 11 heteroatoms. The molecule has 0 fully saturated rings. The molecule has 4 aromatic rings.